The van der Waals surface area contributed by atoms with E-state index in [0.717, 1.165) is 24.3 Å². The number of furan rings is 1. The molecule has 3 rings (SSSR count). The Balaban J connectivity index is 1.72. The van der Waals surface area contributed by atoms with Gasteiger partial charge in [0.2, 0.25) is 5.91 Å². The smallest absolute Gasteiger partial charge is 0.225 e. The van der Waals surface area contributed by atoms with Crippen LogP contribution in [0.2, 0.25) is 0 Å². The van der Waals surface area contributed by atoms with Crippen molar-refractivity contribution in [2.75, 3.05) is 16.0 Å². The van der Waals surface area contributed by atoms with Gasteiger partial charge in [-0.3, -0.25) is 14.5 Å². The number of anilines is 3. The van der Waals surface area contributed by atoms with Crippen molar-refractivity contribution in [3.05, 3.63) is 59.9 Å². The number of rotatable bonds is 12. The van der Waals surface area contributed by atoms with Crippen LogP contribution in [0, 0.1) is 0 Å². The Morgan fingerprint density at radius 3 is 2.71 bits per heavy atom. The van der Waals surface area contributed by atoms with Gasteiger partial charge in [0.25, 0.3) is 0 Å². The molecule has 1 N–H and O–H groups in total. The summed E-state index contributed by atoms with van der Waals surface area (Å²) in [4.78, 5) is 31.8. The summed E-state index contributed by atoms with van der Waals surface area (Å²) in [6, 6.07) is 12.9. The molecule has 0 fully saturated rings. The first-order chi connectivity index (χ1) is 15.1. The molecular weight excluding hydrogens is 430 g/mol. The van der Waals surface area contributed by atoms with Crippen LogP contribution in [0.3, 0.4) is 0 Å². The Morgan fingerprint density at radius 1 is 1.23 bits per heavy atom. The number of Topliss-reactive ketones (excluding diaryl/α,β-unsaturated/α-hetero) is 1. The molecule has 6 nitrogen and oxygen atoms in total. The molecule has 31 heavy (non-hydrogen) atoms. The fourth-order valence-electron chi connectivity index (χ4n) is 3.19. The Bertz CT molecular complexity index is 958. The maximum Gasteiger partial charge on any atom is 0.225 e. The summed E-state index contributed by atoms with van der Waals surface area (Å²) in [6.45, 7) is 3.57. The second-order valence-electron chi connectivity index (χ2n) is 7.09. The van der Waals surface area contributed by atoms with Crippen LogP contribution in [-0.4, -0.2) is 28.5 Å². The quantitative estimate of drug-likeness (QED) is 0.365. The highest BCUT2D eigenvalue weighted by atomic mass is 32.2. The molecule has 1 atom stereocenters. The van der Waals surface area contributed by atoms with Crippen molar-refractivity contribution in [1.82, 2.24) is 4.98 Å². The number of carbonyl (C=O) groups excluding carboxylic acids is 2. The zero-order valence-electron chi connectivity index (χ0n) is 17.7. The highest BCUT2D eigenvalue weighted by Crippen LogP contribution is 2.29. The third kappa shape index (κ3) is 6.70. The summed E-state index contributed by atoms with van der Waals surface area (Å²) >= 11 is 2.91. The first-order valence-corrected chi connectivity index (χ1v) is 12.3. The molecular formula is C23H27N3O3S2. The number of para-hydroxylation sites is 1. The highest BCUT2D eigenvalue weighted by molar-refractivity contribution is 7.99. The number of hydrogen-bond donors (Lipinski definition) is 1. The van der Waals surface area contributed by atoms with E-state index in [9.17, 15) is 9.59 Å². The van der Waals surface area contributed by atoms with Gasteiger partial charge in [-0.25, -0.2) is 4.98 Å². The summed E-state index contributed by atoms with van der Waals surface area (Å²) < 4.78 is 5.34. The number of nitrogens with one attached hydrogen (secondary N) is 1. The molecule has 8 heteroatoms. The third-order valence-corrected chi connectivity index (χ3v) is 6.41. The van der Waals surface area contributed by atoms with Gasteiger partial charge < -0.3 is 9.73 Å². The van der Waals surface area contributed by atoms with Gasteiger partial charge in [0.15, 0.2) is 10.9 Å². The monoisotopic (exact) mass is 457 g/mol. The molecule has 0 saturated carbocycles. The van der Waals surface area contributed by atoms with E-state index >= 15 is 0 Å². The van der Waals surface area contributed by atoms with E-state index in [1.54, 1.807) is 11.2 Å². The minimum atomic E-state index is -0.520. The number of amides is 1. The molecule has 1 amide bonds. The average Bonchev–Trinajstić information content (AvgIpc) is 3.44. The standard InChI is InChI=1S/C23H27N3O3S2/c1-3-4-12-20(21(28)15-30-14-19-11-8-13-29-19)26(17(2)27)22-16-31-23(25-22)24-18-9-6-5-7-10-18/h5-11,13,16,20H,3-4,12,14-15H2,1-2H3,(H,24,25)/t20-/m0/s1. The molecule has 1 aromatic carbocycles. The van der Waals surface area contributed by atoms with Crippen LogP contribution in [0.15, 0.2) is 58.5 Å². The molecule has 164 valence electrons. The minimum absolute atomic E-state index is 0.0331. The average molecular weight is 458 g/mol. The van der Waals surface area contributed by atoms with Crippen molar-refractivity contribution in [1.29, 1.82) is 0 Å². The number of thioether (sulfide) groups is 1. The molecule has 0 unspecified atom stereocenters. The Labute approximate surface area is 191 Å². The number of benzene rings is 1. The van der Waals surface area contributed by atoms with Gasteiger partial charge in [-0.05, 0) is 30.7 Å². The molecule has 0 spiro atoms. The maximum atomic E-state index is 13.1. The van der Waals surface area contributed by atoms with E-state index in [4.69, 9.17) is 4.42 Å². The van der Waals surface area contributed by atoms with Crippen molar-refractivity contribution >= 4 is 51.4 Å². The predicted octanol–water partition coefficient (Wildman–Crippen LogP) is 5.89. The number of thiazole rings is 1. The number of nitrogens with zero attached hydrogens (tertiary/aromatic N) is 2. The van der Waals surface area contributed by atoms with E-state index in [1.165, 1.54) is 30.0 Å². The number of aromatic nitrogens is 1. The molecule has 0 aliphatic carbocycles. The van der Waals surface area contributed by atoms with Crippen LogP contribution in [0.25, 0.3) is 0 Å². The van der Waals surface area contributed by atoms with E-state index in [-0.39, 0.29) is 11.7 Å². The maximum absolute atomic E-state index is 13.1. The number of hydrogen-bond acceptors (Lipinski definition) is 7. The molecule has 0 aliphatic rings. The van der Waals surface area contributed by atoms with Gasteiger partial charge in [0.05, 0.1) is 23.8 Å². The second kappa shape index (κ2) is 11.7. The van der Waals surface area contributed by atoms with Gasteiger partial charge in [-0.2, -0.15) is 0 Å². The Hall–Kier alpha value is -2.58. The first kappa shape index (κ1) is 23.1. The van der Waals surface area contributed by atoms with Crippen LogP contribution in [-0.2, 0) is 15.3 Å². The lowest BCUT2D eigenvalue weighted by Gasteiger charge is -2.28. The lowest BCUT2D eigenvalue weighted by atomic mass is 10.0. The Morgan fingerprint density at radius 2 is 2.03 bits per heavy atom. The van der Waals surface area contributed by atoms with Gasteiger partial charge in [0, 0.05) is 18.0 Å². The predicted molar refractivity (Wildman–Crippen MR) is 128 cm³/mol. The van der Waals surface area contributed by atoms with Crippen molar-refractivity contribution in [3.63, 3.8) is 0 Å². The lowest BCUT2D eigenvalue weighted by molar-refractivity contribution is -0.123. The number of unbranched alkanes of at least 4 members (excludes halogenated alkanes) is 1. The molecule has 2 heterocycles. The largest absolute Gasteiger partial charge is 0.468 e. The SMILES string of the molecule is CCCC[C@@H](C(=O)CSCc1ccco1)N(C(C)=O)c1csc(Nc2ccccc2)n1. The van der Waals surface area contributed by atoms with Crippen LogP contribution in [0.5, 0.6) is 0 Å². The van der Waals surface area contributed by atoms with Gasteiger partial charge in [-0.1, -0.05) is 38.0 Å². The zero-order valence-corrected chi connectivity index (χ0v) is 19.4. The summed E-state index contributed by atoms with van der Waals surface area (Å²) in [7, 11) is 0. The number of carbonyl (C=O) groups is 2. The minimum Gasteiger partial charge on any atom is -0.468 e. The van der Waals surface area contributed by atoms with Crippen LogP contribution in [0.4, 0.5) is 16.6 Å². The molecule has 3 aromatic rings. The normalized spacial score (nSPS) is 11.8. The third-order valence-electron chi connectivity index (χ3n) is 4.69. The molecule has 0 radical (unpaired) electrons. The topological polar surface area (TPSA) is 75.4 Å². The Kier molecular flexibility index (Phi) is 8.73. The lowest BCUT2D eigenvalue weighted by Crippen LogP contribution is -2.45. The second-order valence-corrected chi connectivity index (χ2v) is 8.93. The fourth-order valence-corrected chi connectivity index (χ4v) is 4.76. The molecule has 0 aliphatic heterocycles. The summed E-state index contributed by atoms with van der Waals surface area (Å²) in [5.74, 6) is 2.15. The van der Waals surface area contributed by atoms with E-state index in [0.29, 0.717) is 28.9 Å². The molecule has 0 saturated heterocycles. The summed E-state index contributed by atoms with van der Waals surface area (Å²) in [5, 5.41) is 5.76. The van der Waals surface area contributed by atoms with E-state index < -0.39 is 6.04 Å². The summed E-state index contributed by atoms with van der Waals surface area (Å²) in [6.07, 6.45) is 4.06. The van der Waals surface area contributed by atoms with Crippen LogP contribution in [0.1, 0.15) is 38.9 Å². The van der Waals surface area contributed by atoms with Crippen LogP contribution < -0.4 is 10.2 Å². The highest BCUT2D eigenvalue weighted by Gasteiger charge is 2.30. The van der Waals surface area contributed by atoms with E-state index in [2.05, 4.69) is 17.2 Å². The van der Waals surface area contributed by atoms with Gasteiger partial charge >= 0.3 is 0 Å². The van der Waals surface area contributed by atoms with Crippen LogP contribution >= 0.6 is 23.1 Å². The fraction of sp³-hybridized carbons (Fsp3) is 0.348. The van der Waals surface area contributed by atoms with Gasteiger partial charge in [0.1, 0.15) is 11.6 Å². The number of ketones is 1. The van der Waals surface area contributed by atoms with Crippen molar-refractivity contribution < 1.29 is 14.0 Å². The first-order valence-electron chi connectivity index (χ1n) is 10.3. The summed E-state index contributed by atoms with van der Waals surface area (Å²) in [5.41, 5.74) is 0.922. The van der Waals surface area contributed by atoms with Gasteiger partial charge in [-0.15, -0.1) is 23.1 Å². The van der Waals surface area contributed by atoms with Crippen molar-refractivity contribution in [3.8, 4) is 0 Å². The van der Waals surface area contributed by atoms with E-state index in [1.807, 2.05) is 47.8 Å². The van der Waals surface area contributed by atoms with Crippen molar-refractivity contribution in [2.45, 2.75) is 44.9 Å². The van der Waals surface area contributed by atoms with Crippen molar-refractivity contribution in [2.24, 2.45) is 0 Å². The molecule has 2 aromatic heterocycles. The zero-order chi connectivity index (χ0) is 22.1. The molecule has 0 bridgehead atoms.